The molecule has 19 heavy (non-hydrogen) atoms. The van der Waals surface area contributed by atoms with Crippen molar-refractivity contribution in [2.75, 3.05) is 5.32 Å². The molecule has 0 amide bonds. The van der Waals surface area contributed by atoms with Crippen LogP contribution >= 0.6 is 0 Å². The highest BCUT2D eigenvalue weighted by Gasteiger charge is 2.19. The Morgan fingerprint density at radius 3 is 2.89 bits per heavy atom. The van der Waals surface area contributed by atoms with E-state index in [-0.39, 0.29) is 17.3 Å². The van der Waals surface area contributed by atoms with Crippen molar-refractivity contribution in [2.45, 2.75) is 25.8 Å². The molecule has 1 aromatic rings. The second kappa shape index (κ2) is 6.35. The minimum Gasteiger partial charge on any atom is -0.478 e. The van der Waals surface area contributed by atoms with Crippen molar-refractivity contribution in [3.05, 3.63) is 27.9 Å². The maximum atomic E-state index is 11.1. The van der Waals surface area contributed by atoms with Crippen LogP contribution in [0, 0.1) is 22.5 Å². The number of carboxylic acid groups (broad SMARTS) is 1. The largest absolute Gasteiger partial charge is 0.478 e. The van der Waals surface area contributed by atoms with Gasteiger partial charge in [0, 0.05) is 0 Å². The Labute approximate surface area is 109 Å². The lowest BCUT2D eigenvalue weighted by Crippen LogP contribution is -2.19. The number of rotatable bonds is 6. The average Bonchev–Trinajstić information content (AvgIpc) is 2.37. The van der Waals surface area contributed by atoms with E-state index in [0.29, 0.717) is 6.42 Å². The molecule has 0 radical (unpaired) electrons. The van der Waals surface area contributed by atoms with Crippen LogP contribution in [-0.2, 0) is 0 Å². The summed E-state index contributed by atoms with van der Waals surface area (Å²) in [7, 11) is 0. The van der Waals surface area contributed by atoms with Crippen molar-refractivity contribution < 1.29 is 14.8 Å². The van der Waals surface area contributed by atoms with Gasteiger partial charge in [0.15, 0.2) is 6.20 Å². The molecule has 2 N–H and O–H groups in total. The predicted octanol–water partition coefficient (Wildman–Crippen LogP) is 1.90. The number of nitro groups is 1. The van der Waals surface area contributed by atoms with Gasteiger partial charge in [0.05, 0.1) is 23.4 Å². The van der Waals surface area contributed by atoms with Crippen molar-refractivity contribution in [2.24, 2.45) is 0 Å². The lowest BCUT2D eigenvalue weighted by atomic mass is 10.1. The summed E-state index contributed by atoms with van der Waals surface area (Å²) in [5, 5.41) is 22.5. The minimum atomic E-state index is -1.28. The molecule has 7 heteroatoms. The third-order valence-corrected chi connectivity index (χ3v) is 2.42. The normalized spacial score (nSPS) is 11.4. The molecular formula is C12H13N3O4. The molecule has 0 aliphatic carbocycles. The summed E-state index contributed by atoms with van der Waals surface area (Å²) in [6, 6.07) is 0.566. The number of terminal acetylenes is 1. The monoisotopic (exact) mass is 263 g/mol. The first-order chi connectivity index (χ1) is 8.99. The van der Waals surface area contributed by atoms with Crippen molar-refractivity contribution in [1.29, 1.82) is 0 Å². The van der Waals surface area contributed by atoms with E-state index in [2.05, 4.69) is 16.2 Å². The zero-order chi connectivity index (χ0) is 14.4. The molecule has 1 atom stereocenters. The first-order valence-electron chi connectivity index (χ1n) is 5.60. The average molecular weight is 263 g/mol. The first kappa shape index (κ1) is 14.4. The summed E-state index contributed by atoms with van der Waals surface area (Å²) in [5.41, 5.74) is -0.0486. The number of carboxylic acids is 1. The molecule has 1 aromatic heterocycles. The van der Waals surface area contributed by atoms with Crippen LogP contribution < -0.4 is 5.32 Å². The predicted molar refractivity (Wildman–Crippen MR) is 69.0 cm³/mol. The van der Waals surface area contributed by atoms with Crippen LogP contribution in [0.1, 0.15) is 30.1 Å². The molecule has 7 nitrogen and oxygen atoms in total. The molecule has 0 spiro atoms. The van der Waals surface area contributed by atoms with Gasteiger partial charge in [0.2, 0.25) is 0 Å². The summed E-state index contributed by atoms with van der Waals surface area (Å²) in [5.74, 6) is 0.694. The maximum absolute atomic E-state index is 11.1. The van der Waals surface area contributed by atoms with E-state index in [1.807, 2.05) is 6.92 Å². The van der Waals surface area contributed by atoms with E-state index in [4.69, 9.17) is 11.5 Å². The highest BCUT2D eigenvalue weighted by molar-refractivity contribution is 5.94. The van der Waals surface area contributed by atoms with Gasteiger partial charge in [-0.1, -0.05) is 19.3 Å². The van der Waals surface area contributed by atoms with E-state index >= 15 is 0 Å². The van der Waals surface area contributed by atoms with Crippen LogP contribution in [0.2, 0.25) is 0 Å². The van der Waals surface area contributed by atoms with E-state index < -0.39 is 16.7 Å². The third kappa shape index (κ3) is 3.67. The third-order valence-electron chi connectivity index (χ3n) is 2.42. The smallest absolute Gasteiger partial charge is 0.364 e. The summed E-state index contributed by atoms with van der Waals surface area (Å²) in [6.45, 7) is 1.94. The summed E-state index contributed by atoms with van der Waals surface area (Å²) in [4.78, 5) is 24.5. The van der Waals surface area contributed by atoms with Crippen LogP contribution in [0.4, 0.5) is 11.5 Å². The standard InChI is InChI=1S/C12H13N3O4/c1-3-5-8(4-2)14-10-7-13-11(15(18)19)6-9(10)12(16)17/h2,6-8,14H,3,5H2,1H3,(H,16,17). The van der Waals surface area contributed by atoms with Gasteiger partial charge < -0.3 is 20.5 Å². The SMILES string of the molecule is C#CC(CCC)Nc1cnc([N+](=O)[O-])cc1C(=O)O. The van der Waals surface area contributed by atoms with Crippen molar-refractivity contribution in [1.82, 2.24) is 4.98 Å². The second-order valence-corrected chi connectivity index (χ2v) is 3.80. The highest BCUT2D eigenvalue weighted by Crippen LogP contribution is 2.20. The van der Waals surface area contributed by atoms with Crippen LogP contribution in [0.3, 0.4) is 0 Å². The van der Waals surface area contributed by atoms with Crippen molar-refractivity contribution in [3.8, 4) is 12.3 Å². The van der Waals surface area contributed by atoms with Gasteiger partial charge in [-0.2, -0.15) is 0 Å². The van der Waals surface area contributed by atoms with Crippen molar-refractivity contribution >= 4 is 17.5 Å². The van der Waals surface area contributed by atoms with Crippen LogP contribution in [-0.4, -0.2) is 27.0 Å². The van der Waals surface area contributed by atoms with Gasteiger partial charge >= 0.3 is 11.8 Å². The van der Waals surface area contributed by atoms with E-state index in [9.17, 15) is 14.9 Å². The number of pyridine rings is 1. The summed E-state index contributed by atoms with van der Waals surface area (Å²) < 4.78 is 0. The fourth-order valence-corrected chi connectivity index (χ4v) is 1.51. The van der Waals surface area contributed by atoms with Gasteiger partial charge in [-0.05, 0) is 16.3 Å². The maximum Gasteiger partial charge on any atom is 0.364 e. The Balaban J connectivity index is 3.10. The van der Waals surface area contributed by atoms with Gasteiger partial charge in [-0.15, -0.1) is 6.42 Å². The van der Waals surface area contributed by atoms with Crippen molar-refractivity contribution in [3.63, 3.8) is 0 Å². The Kier molecular flexibility index (Phi) is 4.83. The molecule has 0 saturated heterocycles. The molecule has 0 aliphatic heterocycles. The number of hydrogen-bond acceptors (Lipinski definition) is 5. The highest BCUT2D eigenvalue weighted by atomic mass is 16.6. The van der Waals surface area contributed by atoms with Gasteiger partial charge in [-0.3, -0.25) is 0 Å². The topological polar surface area (TPSA) is 105 Å². The van der Waals surface area contributed by atoms with E-state index in [1.54, 1.807) is 0 Å². The first-order valence-corrected chi connectivity index (χ1v) is 5.60. The number of aromatic carboxylic acids is 1. The fraction of sp³-hybridized carbons (Fsp3) is 0.333. The number of carbonyl (C=O) groups is 1. The molecule has 1 rings (SSSR count). The zero-order valence-electron chi connectivity index (χ0n) is 10.3. The Hall–Kier alpha value is -2.62. The molecule has 100 valence electrons. The van der Waals surface area contributed by atoms with Crippen LogP contribution in [0.5, 0.6) is 0 Å². The zero-order valence-corrected chi connectivity index (χ0v) is 10.3. The molecule has 1 unspecified atom stereocenters. The van der Waals surface area contributed by atoms with Gasteiger partial charge in [0.1, 0.15) is 0 Å². The number of hydrogen-bond donors (Lipinski definition) is 2. The molecule has 1 heterocycles. The molecule has 0 aliphatic rings. The summed E-state index contributed by atoms with van der Waals surface area (Å²) in [6.07, 6.45) is 7.92. The quantitative estimate of drug-likeness (QED) is 0.461. The number of anilines is 1. The Morgan fingerprint density at radius 2 is 2.42 bits per heavy atom. The Bertz CT molecular complexity index is 536. The number of nitrogens with zero attached hydrogens (tertiary/aromatic N) is 2. The molecule has 0 aromatic carbocycles. The lowest BCUT2D eigenvalue weighted by Gasteiger charge is -2.13. The van der Waals surface area contributed by atoms with Gasteiger partial charge in [0.25, 0.3) is 0 Å². The van der Waals surface area contributed by atoms with Crippen LogP contribution in [0.15, 0.2) is 12.3 Å². The van der Waals surface area contributed by atoms with Gasteiger partial charge in [-0.25, -0.2) is 4.79 Å². The molecule has 0 saturated carbocycles. The molecular weight excluding hydrogens is 250 g/mol. The van der Waals surface area contributed by atoms with E-state index in [1.165, 1.54) is 0 Å². The minimum absolute atomic E-state index is 0.175. The van der Waals surface area contributed by atoms with Crippen LogP contribution in [0.25, 0.3) is 0 Å². The molecule has 0 fully saturated rings. The second-order valence-electron chi connectivity index (χ2n) is 3.80. The fourth-order valence-electron chi connectivity index (χ4n) is 1.51. The number of aromatic nitrogens is 1. The lowest BCUT2D eigenvalue weighted by molar-refractivity contribution is -0.389. The summed E-state index contributed by atoms with van der Waals surface area (Å²) >= 11 is 0. The number of nitrogens with one attached hydrogen (secondary N) is 1. The Morgan fingerprint density at radius 1 is 1.74 bits per heavy atom. The molecule has 0 bridgehead atoms. The van der Waals surface area contributed by atoms with E-state index in [0.717, 1.165) is 18.7 Å².